The molecule has 1 saturated carbocycles. The molecule has 0 heterocycles. The minimum Gasteiger partial charge on any atom is -0.481 e. The first-order valence-corrected chi connectivity index (χ1v) is 6.05. The molecule has 0 aromatic heterocycles. The molecular formula is C12H21NO3. The Morgan fingerprint density at radius 1 is 1.44 bits per heavy atom. The van der Waals surface area contributed by atoms with E-state index in [2.05, 4.69) is 12.2 Å². The third-order valence-electron chi connectivity index (χ3n) is 3.38. The lowest BCUT2D eigenvalue weighted by Gasteiger charge is -2.14. The van der Waals surface area contributed by atoms with Gasteiger partial charge < -0.3 is 10.4 Å². The Bertz CT molecular complexity index is 265. The zero-order valence-corrected chi connectivity index (χ0v) is 10.0. The highest BCUT2D eigenvalue weighted by atomic mass is 16.4. The van der Waals surface area contributed by atoms with Gasteiger partial charge in [-0.3, -0.25) is 9.59 Å². The molecule has 0 bridgehead atoms. The van der Waals surface area contributed by atoms with Crippen LogP contribution in [0.3, 0.4) is 0 Å². The second-order valence-electron chi connectivity index (χ2n) is 4.83. The molecule has 3 atom stereocenters. The van der Waals surface area contributed by atoms with Crippen LogP contribution in [0.5, 0.6) is 0 Å². The fourth-order valence-corrected chi connectivity index (χ4v) is 2.08. The zero-order chi connectivity index (χ0) is 12.1. The van der Waals surface area contributed by atoms with Crippen molar-refractivity contribution in [3.63, 3.8) is 0 Å². The third kappa shape index (κ3) is 3.83. The topological polar surface area (TPSA) is 66.4 Å². The van der Waals surface area contributed by atoms with Gasteiger partial charge in [-0.2, -0.15) is 0 Å². The van der Waals surface area contributed by atoms with Gasteiger partial charge in [0.1, 0.15) is 0 Å². The molecule has 1 aliphatic rings. The van der Waals surface area contributed by atoms with Crippen LogP contribution in [0.4, 0.5) is 0 Å². The van der Waals surface area contributed by atoms with Crippen LogP contribution < -0.4 is 5.32 Å². The van der Waals surface area contributed by atoms with Gasteiger partial charge in [-0.15, -0.1) is 0 Å². The van der Waals surface area contributed by atoms with Crippen molar-refractivity contribution >= 4 is 11.9 Å². The van der Waals surface area contributed by atoms with Crippen LogP contribution in [0.1, 0.15) is 46.0 Å². The van der Waals surface area contributed by atoms with E-state index in [1.165, 1.54) is 0 Å². The Labute approximate surface area is 96.4 Å². The SMILES string of the molecule is CCC(C)CC(=O)NC1CCC(C(=O)O)C1. The van der Waals surface area contributed by atoms with E-state index in [0.29, 0.717) is 25.2 Å². The molecule has 16 heavy (non-hydrogen) atoms. The number of amides is 1. The molecule has 0 aromatic carbocycles. The van der Waals surface area contributed by atoms with Gasteiger partial charge in [-0.25, -0.2) is 0 Å². The summed E-state index contributed by atoms with van der Waals surface area (Å²) in [7, 11) is 0. The van der Waals surface area contributed by atoms with Crippen molar-refractivity contribution < 1.29 is 14.7 Å². The Morgan fingerprint density at radius 3 is 2.62 bits per heavy atom. The van der Waals surface area contributed by atoms with Crippen molar-refractivity contribution in [1.82, 2.24) is 5.32 Å². The molecule has 1 amide bonds. The first-order valence-electron chi connectivity index (χ1n) is 6.05. The second-order valence-corrected chi connectivity index (χ2v) is 4.83. The number of carboxylic acid groups (broad SMARTS) is 1. The first kappa shape index (κ1) is 13.0. The quantitative estimate of drug-likeness (QED) is 0.752. The number of hydrogen-bond donors (Lipinski definition) is 2. The van der Waals surface area contributed by atoms with Crippen molar-refractivity contribution in [3.8, 4) is 0 Å². The van der Waals surface area contributed by atoms with Crippen molar-refractivity contribution in [2.45, 2.75) is 52.0 Å². The Morgan fingerprint density at radius 2 is 2.12 bits per heavy atom. The second kappa shape index (κ2) is 5.87. The van der Waals surface area contributed by atoms with E-state index in [9.17, 15) is 9.59 Å². The van der Waals surface area contributed by atoms with Gasteiger partial charge in [0, 0.05) is 12.5 Å². The molecule has 4 heteroatoms. The minimum absolute atomic E-state index is 0.0605. The van der Waals surface area contributed by atoms with E-state index < -0.39 is 5.97 Å². The predicted octanol–water partition coefficient (Wildman–Crippen LogP) is 1.79. The first-order chi connectivity index (χ1) is 7.52. The number of rotatable bonds is 5. The molecule has 1 rings (SSSR count). The van der Waals surface area contributed by atoms with Gasteiger partial charge in [-0.05, 0) is 25.2 Å². The minimum atomic E-state index is -0.737. The number of carbonyl (C=O) groups is 2. The molecular weight excluding hydrogens is 206 g/mol. The molecule has 1 fully saturated rings. The summed E-state index contributed by atoms with van der Waals surface area (Å²) in [6, 6.07) is 0.0673. The van der Waals surface area contributed by atoms with E-state index in [4.69, 9.17) is 5.11 Å². The lowest BCUT2D eigenvalue weighted by molar-refractivity contribution is -0.141. The van der Waals surface area contributed by atoms with Crippen LogP contribution >= 0.6 is 0 Å². The Hall–Kier alpha value is -1.06. The monoisotopic (exact) mass is 227 g/mol. The molecule has 0 saturated heterocycles. The highest BCUT2D eigenvalue weighted by Gasteiger charge is 2.30. The van der Waals surface area contributed by atoms with Gasteiger partial charge in [0.05, 0.1) is 5.92 Å². The molecule has 0 aliphatic heterocycles. The summed E-state index contributed by atoms with van der Waals surface area (Å²) < 4.78 is 0. The van der Waals surface area contributed by atoms with Crippen LogP contribution in [0.2, 0.25) is 0 Å². The fraction of sp³-hybridized carbons (Fsp3) is 0.833. The van der Waals surface area contributed by atoms with E-state index in [0.717, 1.165) is 12.8 Å². The Kier molecular flexibility index (Phi) is 4.77. The maximum Gasteiger partial charge on any atom is 0.306 e. The number of hydrogen-bond acceptors (Lipinski definition) is 2. The molecule has 4 nitrogen and oxygen atoms in total. The average molecular weight is 227 g/mol. The summed E-state index contributed by atoms with van der Waals surface area (Å²) in [5.41, 5.74) is 0. The van der Waals surface area contributed by atoms with Crippen molar-refractivity contribution in [2.24, 2.45) is 11.8 Å². The standard InChI is InChI=1S/C12H21NO3/c1-3-8(2)6-11(14)13-10-5-4-9(7-10)12(15)16/h8-10H,3-7H2,1-2H3,(H,13,14)(H,15,16). The highest BCUT2D eigenvalue weighted by molar-refractivity contribution is 5.77. The molecule has 0 aromatic rings. The van der Waals surface area contributed by atoms with E-state index in [1.54, 1.807) is 0 Å². The smallest absolute Gasteiger partial charge is 0.306 e. The molecule has 92 valence electrons. The highest BCUT2D eigenvalue weighted by Crippen LogP contribution is 2.25. The van der Waals surface area contributed by atoms with E-state index >= 15 is 0 Å². The molecule has 0 radical (unpaired) electrons. The number of aliphatic carboxylic acids is 1. The Balaban J connectivity index is 2.28. The van der Waals surface area contributed by atoms with E-state index in [-0.39, 0.29) is 17.9 Å². The van der Waals surface area contributed by atoms with Crippen molar-refractivity contribution in [2.75, 3.05) is 0 Å². The van der Waals surface area contributed by atoms with Gasteiger partial charge in [0.15, 0.2) is 0 Å². The molecule has 0 spiro atoms. The van der Waals surface area contributed by atoms with Crippen LogP contribution in [0.25, 0.3) is 0 Å². The number of nitrogens with one attached hydrogen (secondary N) is 1. The maximum absolute atomic E-state index is 11.6. The summed E-state index contributed by atoms with van der Waals surface area (Å²) in [5, 5.41) is 11.8. The van der Waals surface area contributed by atoms with Crippen LogP contribution in [0.15, 0.2) is 0 Å². The zero-order valence-electron chi connectivity index (χ0n) is 10.0. The summed E-state index contributed by atoms with van der Waals surface area (Å²) >= 11 is 0. The molecule has 3 unspecified atom stereocenters. The molecule has 2 N–H and O–H groups in total. The summed E-state index contributed by atoms with van der Waals surface area (Å²) in [6.07, 6.45) is 3.61. The number of carbonyl (C=O) groups excluding carboxylic acids is 1. The van der Waals surface area contributed by atoms with Gasteiger partial charge >= 0.3 is 5.97 Å². The van der Waals surface area contributed by atoms with Gasteiger partial charge in [0.25, 0.3) is 0 Å². The van der Waals surface area contributed by atoms with Crippen LogP contribution in [-0.2, 0) is 9.59 Å². The van der Waals surface area contributed by atoms with Gasteiger partial charge in [-0.1, -0.05) is 20.3 Å². The maximum atomic E-state index is 11.6. The molecule has 1 aliphatic carbocycles. The lowest BCUT2D eigenvalue weighted by Crippen LogP contribution is -2.34. The predicted molar refractivity (Wildman–Crippen MR) is 61.0 cm³/mol. The largest absolute Gasteiger partial charge is 0.481 e. The van der Waals surface area contributed by atoms with Gasteiger partial charge in [0.2, 0.25) is 5.91 Å². The summed E-state index contributed by atoms with van der Waals surface area (Å²) in [6.45, 7) is 4.11. The van der Waals surface area contributed by atoms with E-state index in [1.807, 2.05) is 6.92 Å². The van der Waals surface area contributed by atoms with Crippen LogP contribution in [0, 0.1) is 11.8 Å². The normalized spacial score (nSPS) is 26.4. The lowest BCUT2D eigenvalue weighted by atomic mass is 10.0. The fourth-order valence-electron chi connectivity index (χ4n) is 2.08. The van der Waals surface area contributed by atoms with Crippen LogP contribution in [-0.4, -0.2) is 23.0 Å². The number of carboxylic acids is 1. The van der Waals surface area contributed by atoms with Crippen molar-refractivity contribution in [3.05, 3.63) is 0 Å². The third-order valence-corrected chi connectivity index (χ3v) is 3.38. The average Bonchev–Trinajstić information content (AvgIpc) is 2.65. The van der Waals surface area contributed by atoms with Crippen molar-refractivity contribution in [1.29, 1.82) is 0 Å². The summed E-state index contributed by atoms with van der Waals surface area (Å²) in [5.74, 6) is -0.547. The summed E-state index contributed by atoms with van der Waals surface area (Å²) in [4.78, 5) is 22.3.